The van der Waals surface area contributed by atoms with Gasteiger partial charge in [0.1, 0.15) is 0 Å². The minimum Gasteiger partial charge on any atom is -0.354 e. The van der Waals surface area contributed by atoms with E-state index in [-0.39, 0.29) is 5.82 Å². The van der Waals surface area contributed by atoms with Gasteiger partial charge in [0.2, 0.25) is 9.74 Å². The summed E-state index contributed by atoms with van der Waals surface area (Å²) in [5, 5.41) is 3.93. The lowest BCUT2D eigenvalue weighted by Crippen LogP contribution is -2.35. The smallest absolute Gasteiger partial charge is 0.250 e. The van der Waals surface area contributed by atoms with Crippen LogP contribution < -0.4 is 5.32 Å². The Kier molecular flexibility index (Phi) is 7.03. The Bertz CT molecular complexity index is 755. The Morgan fingerprint density at radius 1 is 1.07 bits per heavy atom. The van der Waals surface area contributed by atoms with E-state index >= 15 is 0 Å². The highest BCUT2D eigenvalue weighted by Gasteiger charge is 2.29. The Hall–Kier alpha value is -0.850. The number of nitrogens with zero attached hydrogens (tertiary/aromatic N) is 4. The van der Waals surface area contributed by atoms with Crippen molar-refractivity contribution >= 4 is 52.4 Å². The van der Waals surface area contributed by atoms with E-state index in [0.29, 0.717) is 22.7 Å². The number of anilines is 1. The fraction of sp³-hybridized carbons (Fsp3) is 0.500. The third-order valence-corrected chi connectivity index (χ3v) is 5.45. The van der Waals surface area contributed by atoms with Crippen LogP contribution in [0.15, 0.2) is 24.3 Å². The van der Waals surface area contributed by atoms with Crippen molar-refractivity contribution in [2.75, 3.05) is 31.5 Å². The lowest BCUT2D eigenvalue weighted by molar-refractivity contribution is 0.198. The van der Waals surface area contributed by atoms with Crippen molar-refractivity contribution in [1.82, 2.24) is 19.9 Å². The summed E-state index contributed by atoms with van der Waals surface area (Å²) in [4.78, 5) is 15.6. The number of alkyl halides is 3. The van der Waals surface area contributed by atoms with E-state index < -0.39 is 3.79 Å². The van der Waals surface area contributed by atoms with E-state index in [4.69, 9.17) is 46.4 Å². The topological polar surface area (TPSA) is 53.9 Å². The van der Waals surface area contributed by atoms with Crippen LogP contribution in [0.1, 0.15) is 25.6 Å². The summed E-state index contributed by atoms with van der Waals surface area (Å²) >= 11 is 24.0. The van der Waals surface area contributed by atoms with Crippen molar-refractivity contribution in [1.29, 1.82) is 0 Å². The molecular weight excluding hydrogens is 428 g/mol. The minimum absolute atomic E-state index is 0.0933. The number of rotatable bonds is 5. The average molecular weight is 449 g/mol. The van der Waals surface area contributed by atoms with E-state index in [0.717, 1.165) is 44.6 Å². The summed E-state index contributed by atoms with van der Waals surface area (Å²) in [5.74, 6) is 1.51. The number of hydrogen-bond donors (Lipinski definition) is 1. The van der Waals surface area contributed by atoms with E-state index in [9.17, 15) is 0 Å². The number of hydrogen-bond acceptors (Lipinski definition) is 5. The number of benzene rings is 1. The van der Waals surface area contributed by atoms with Gasteiger partial charge in [0, 0.05) is 17.1 Å². The third kappa shape index (κ3) is 5.81. The highest BCUT2D eigenvalue weighted by molar-refractivity contribution is 6.66. The van der Waals surface area contributed by atoms with Gasteiger partial charge >= 0.3 is 0 Å². The third-order valence-electron chi connectivity index (χ3n) is 4.69. The maximum absolute atomic E-state index is 6.02. The second-order valence-corrected chi connectivity index (χ2v) is 9.29. The van der Waals surface area contributed by atoms with Crippen LogP contribution >= 0.6 is 46.4 Å². The van der Waals surface area contributed by atoms with Crippen molar-refractivity contribution in [3.63, 3.8) is 0 Å². The van der Waals surface area contributed by atoms with Gasteiger partial charge in [-0.05, 0) is 62.7 Å². The number of nitrogens with one attached hydrogen (secondary N) is 1. The highest BCUT2D eigenvalue weighted by Crippen LogP contribution is 2.37. The van der Waals surface area contributed by atoms with Gasteiger partial charge in [0.05, 0.1) is 0 Å². The zero-order valence-electron chi connectivity index (χ0n) is 14.9. The monoisotopic (exact) mass is 447 g/mol. The molecule has 1 aromatic carbocycles. The molecule has 146 valence electrons. The Labute approximate surface area is 179 Å². The summed E-state index contributed by atoms with van der Waals surface area (Å²) in [6.07, 6.45) is 2.29. The Morgan fingerprint density at radius 2 is 1.74 bits per heavy atom. The SMILES string of the molecule is CCN1CCC(CNc2nc(-c3ccc(Cl)cc3)nc(C(Cl)(Cl)Cl)n2)CC1. The molecule has 0 bridgehead atoms. The molecule has 0 atom stereocenters. The van der Waals surface area contributed by atoms with E-state index in [1.54, 1.807) is 12.1 Å². The maximum Gasteiger partial charge on any atom is 0.250 e. The molecule has 1 aliphatic heterocycles. The van der Waals surface area contributed by atoms with Crippen LogP contribution in [0.2, 0.25) is 5.02 Å². The molecule has 0 amide bonds. The van der Waals surface area contributed by atoms with E-state index in [2.05, 4.69) is 32.1 Å². The lowest BCUT2D eigenvalue weighted by atomic mass is 9.97. The van der Waals surface area contributed by atoms with Crippen LogP contribution in [-0.2, 0) is 3.79 Å². The van der Waals surface area contributed by atoms with Crippen LogP contribution in [0.4, 0.5) is 5.95 Å². The van der Waals surface area contributed by atoms with Gasteiger partial charge in [-0.3, -0.25) is 0 Å². The number of halogens is 4. The van der Waals surface area contributed by atoms with Crippen LogP contribution in [0, 0.1) is 5.92 Å². The van der Waals surface area contributed by atoms with Crippen molar-refractivity contribution in [2.24, 2.45) is 5.92 Å². The standard InChI is InChI=1S/C18H21Cl4N5/c1-2-27-9-7-12(8-10-27)11-23-17-25-15(13-3-5-14(19)6-4-13)24-16(26-17)18(20,21)22/h3-6,12H,2,7-11H2,1H3,(H,23,24,25,26). The summed E-state index contributed by atoms with van der Waals surface area (Å²) in [7, 11) is 0. The van der Waals surface area contributed by atoms with Crippen molar-refractivity contribution in [3.8, 4) is 11.4 Å². The minimum atomic E-state index is -1.73. The van der Waals surface area contributed by atoms with Crippen LogP contribution in [0.3, 0.4) is 0 Å². The first-order chi connectivity index (χ1) is 12.8. The molecule has 1 aliphatic rings. The van der Waals surface area contributed by atoms with Crippen molar-refractivity contribution < 1.29 is 0 Å². The molecule has 1 N–H and O–H groups in total. The maximum atomic E-state index is 6.02. The zero-order valence-corrected chi connectivity index (χ0v) is 18.0. The van der Waals surface area contributed by atoms with Crippen LogP contribution in [0.5, 0.6) is 0 Å². The summed E-state index contributed by atoms with van der Waals surface area (Å²) in [6, 6.07) is 7.18. The molecule has 3 rings (SSSR count). The second kappa shape index (κ2) is 9.10. The molecule has 1 saturated heterocycles. The zero-order chi connectivity index (χ0) is 19.4. The van der Waals surface area contributed by atoms with Crippen LogP contribution in [-0.4, -0.2) is 46.0 Å². The van der Waals surface area contributed by atoms with Gasteiger partial charge < -0.3 is 10.2 Å². The molecule has 5 nitrogen and oxygen atoms in total. The first-order valence-corrected chi connectivity index (χ1v) is 10.4. The lowest BCUT2D eigenvalue weighted by Gasteiger charge is -2.31. The molecule has 0 saturated carbocycles. The molecule has 2 heterocycles. The highest BCUT2D eigenvalue weighted by atomic mass is 35.6. The molecule has 9 heteroatoms. The van der Waals surface area contributed by atoms with Gasteiger partial charge in [-0.1, -0.05) is 53.3 Å². The van der Waals surface area contributed by atoms with Gasteiger partial charge in [-0.2, -0.15) is 9.97 Å². The summed E-state index contributed by atoms with van der Waals surface area (Å²) in [6.45, 7) is 6.32. The number of piperidine rings is 1. The Balaban J connectivity index is 1.77. The number of likely N-dealkylation sites (tertiary alicyclic amines) is 1. The molecular formula is C18H21Cl4N5. The average Bonchev–Trinajstić information content (AvgIpc) is 2.66. The molecule has 1 fully saturated rings. The largest absolute Gasteiger partial charge is 0.354 e. The molecule has 0 aliphatic carbocycles. The van der Waals surface area contributed by atoms with Crippen molar-refractivity contribution in [3.05, 3.63) is 35.1 Å². The number of aromatic nitrogens is 3. The predicted molar refractivity (Wildman–Crippen MR) is 113 cm³/mol. The molecule has 0 unspecified atom stereocenters. The molecule has 0 radical (unpaired) electrons. The predicted octanol–water partition coefficient (Wildman–Crippen LogP) is 5.16. The van der Waals surface area contributed by atoms with Gasteiger partial charge in [0.25, 0.3) is 0 Å². The Morgan fingerprint density at radius 3 is 2.33 bits per heavy atom. The quantitative estimate of drug-likeness (QED) is 0.640. The van der Waals surface area contributed by atoms with Crippen LogP contribution in [0.25, 0.3) is 11.4 Å². The van der Waals surface area contributed by atoms with Crippen molar-refractivity contribution in [2.45, 2.75) is 23.6 Å². The second-order valence-electron chi connectivity index (χ2n) is 6.57. The van der Waals surface area contributed by atoms with E-state index in [1.165, 1.54) is 0 Å². The summed E-state index contributed by atoms with van der Waals surface area (Å²) < 4.78 is -1.73. The first-order valence-electron chi connectivity index (χ1n) is 8.90. The van der Waals surface area contributed by atoms with E-state index in [1.807, 2.05) is 12.1 Å². The molecule has 1 aromatic heterocycles. The normalized spacial score (nSPS) is 16.5. The molecule has 0 spiro atoms. The molecule has 27 heavy (non-hydrogen) atoms. The molecule has 2 aromatic rings. The van der Waals surface area contributed by atoms with Gasteiger partial charge in [-0.25, -0.2) is 4.98 Å². The summed E-state index contributed by atoms with van der Waals surface area (Å²) in [5.41, 5.74) is 0.775. The first kappa shape index (κ1) is 20.9. The van der Waals surface area contributed by atoms with Gasteiger partial charge in [-0.15, -0.1) is 0 Å². The van der Waals surface area contributed by atoms with Gasteiger partial charge in [0.15, 0.2) is 11.6 Å². The fourth-order valence-corrected chi connectivity index (χ4v) is 3.43. The fourth-order valence-electron chi connectivity index (χ4n) is 3.05.